The average Bonchev–Trinajstić information content (AvgIpc) is 3.23. The summed E-state index contributed by atoms with van der Waals surface area (Å²) in [6.07, 6.45) is 1.59. The van der Waals surface area contributed by atoms with Crippen LogP contribution in [0, 0.1) is 6.92 Å². The number of ether oxygens (including phenoxy) is 3. The molecule has 2 N–H and O–H groups in total. The highest BCUT2D eigenvalue weighted by atomic mass is 16.5. The summed E-state index contributed by atoms with van der Waals surface area (Å²) in [4.78, 5) is 12.6. The zero-order chi connectivity index (χ0) is 17.4. The van der Waals surface area contributed by atoms with Crippen LogP contribution in [0.25, 0.3) is 0 Å². The number of aryl methyl sites for hydroxylation is 1. The molecular formula is C19H20N2O4. The van der Waals surface area contributed by atoms with E-state index in [-0.39, 0.29) is 6.03 Å². The number of fused-ring (bicyclic) bond motifs is 2. The minimum Gasteiger partial charge on any atom is -0.495 e. The van der Waals surface area contributed by atoms with Crippen LogP contribution < -0.4 is 24.8 Å². The van der Waals surface area contributed by atoms with Crippen LogP contribution in [0.15, 0.2) is 24.3 Å². The Labute approximate surface area is 146 Å². The lowest BCUT2D eigenvalue weighted by Gasteiger charge is -2.16. The summed E-state index contributed by atoms with van der Waals surface area (Å²) in [5.41, 5.74) is 4.44. The van der Waals surface area contributed by atoms with Gasteiger partial charge in [-0.1, -0.05) is 6.07 Å². The summed E-state index contributed by atoms with van der Waals surface area (Å²) < 4.78 is 16.7. The van der Waals surface area contributed by atoms with Crippen LogP contribution in [0.4, 0.5) is 16.2 Å². The molecule has 2 aromatic carbocycles. The van der Waals surface area contributed by atoms with Crippen LogP contribution in [0.1, 0.15) is 16.7 Å². The molecule has 2 amide bonds. The molecule has 0 radical (unpaired) electrons. The van der Waals surface area contributed by atoms with Crippen LogP contribution in [0.5, 0.6) is 17.2 Å². The van der Waals surface area contributed by atoms with Gasteiger partial charge in [-0.05, 0) is 30.7 Å². The lowest BCUT2D eigenvalue weighted by Crippen LogP contribution is -2.21. The highest BCUT2D eigenvalue weighted by Gasteiger charge is 2.27. The molecule has 0 spiro atoms. The zero-order valence-corrected chi connectivity index (χ0v) is 14.3. The Bertz CT molecular complexity index is 816. The van der Waals surface area contributed by atoms with Gasteiger partial charge in [0, 0.05) is 24.0 Å². The monoisotopic (exact) mass is 340 g/mol. The van der Waals surface area contributed by atoms with Crippen molar-refractivity contribution in [2.75, 3.05) is 31.0 Å². The third-order valence-corrected chi connectivity index (χ3v) is 4.49. The molecule has 2 aliphatic heterocycles. The number of carbonyl (C=O) groups is 1. The number of methoxy groups -OCH3 is 1. The van der Waals surface area contributed by atoms with E-state index in [0.29, 0.717) is 30.3 Å². The van der Waals surface area contributed by atoms with E-state index in [2.05, 4.69) is 10.6 Å². The fraction of sp³-hybridized carbons (Fsp3) is 0.316. The fourth-order valence-corrected chi connectivity index (χ4v) is 3.30. The summed E-state index contributed by atoms with van der Waals surface area (Å²) in [7, 11) is 1.58. The molecule has 0 aliphatic carbocycles. The van der Waals surface area contributed by atoms with Crippen LogP contribution >= 0.6 is 0 Å². The van der Waals surface area contributed by atoms with E-state index in [1.54, 1.807) is 7.11 Å². The molecule has 130 valence electrons. The van der Waals surface area contributed by atoms with Crippen molar-refractivity contribution in [3.05, 3.63) is 41.0 Å². The van der Waals surface area contributed by atoms with Crippen molar-refractivity contribution in [2.45, 2.75) is 19.8 Å². The minimum atomic E-state index is -0.332. The Morgan fingerprint density at radius 1 is 1.12 bits per heavy atom. The largest absolute Gasteiger partial charge is 0.495 e. The number of hydrogen-bond acceptors (Lipinski definition) is 4. The molecule has 0 fully saturated rings. The molecule has 0 atom stereocenters. The van der Waals surface area contributed by atoms with Crippen molar-refractivity contribution < 1.29 is 19.0 Å². The Morgan fingerprint density at radius 3 is 2.80 bits per heavy atom. The van der Waals surface area contributed by atoms with Gasteiger partial charge in [0.25, 0.3) is 0 Å². The molecule has 0 aromatic heterocycles. The van der Waals surface area contributed by atoms with E-state index >= 15 is 0 Å². The van der Waals surface area contributed by atoms with E-state index in [1.165, 1.54) is 0 Å². The van der Waals surface area contributed by atoms with Gasteiger partial charge >= 0.3 is 6.03 Å². The molecule has 2 aromatic rings. The fourth-order valence-electron chi connectivity index (χ4n) is 3.30. The lowest BCUT2D eigenvalue weighted by molar-refractivity contribution is 0.262. The van der Waals surface area contributed by atoms with Crippen molar-refractivity contribution in [1.29, 1.82) is 0 Å². The Morgan fingerprint density at radius 2 is 1.96 bits per heavy atom. The van der Waals surface area contributed by atoms with Crippen LogP contribution in [0.2, 0.25) is 0 Å². The number of hydrogen-bond donors (Lipinski definition) is 2. The smallest absolute Gasteiger partial charge is 0.323 e. The molecule has 0 saturated carbocycles. The van der Waals surface area contributed by atoms with Crippen molar-refractivity contribution >= 4 is 17.4 Å². The van der Waals surface area contributed by atoms with E-state index < -0.39 is 0 Å². The number of carbonyl (C=O) groups excluding carboxylic acids is 1. The Hall–Kier alpha value is -2.89. The highest BCUT2D eigenvalue weighted by Crippen LogP contribution is 2.44. The van der Waals surface area contributed by atoms with Crippen LogP contribution in [-0.4, -0.2) is 26.4 Å². The second kappa shape index (κ2) is 6.20. The maximum absolute atomic E-state index is 12.6. The highest BCUT2D eigenvalue weighted by molar-refractivity contribution is 6.02. The van der Waals surface area contributed by atoms with Gasteiger partial charge < -0.3 is 24.8 Å². The summed E-state index contributed by atoms with van der Waals surface area (Å²) in [5, 5.41) is 5.81. The number of nitrogens with one attached hydrogen (secondary N) is 2. The predicted octanol–water partition coefficient (Wildman–Crippen LogP) is 3.52. The molecular weight excluding hydrogens is 320 g/mol. The first-order chi connectivity index (χ1) is 12.2. The van der Waals surface area contributed by atoms with Gasteiger partial charge in [-0.2, -0.15) is 0 Å². The SMILES string of the molecule is COc1ccc(C)cc1NC(=O)Nc1c2c(cc3c1OCC3)OCC2. The molecule has 2 heterocycles. The number of benzene rings is 2. The lowest BCUT2D eigenvalue weighted by atomic mass is 10.0. The first kappa shape index (κ1) is 15.6. The van der Waals surface area contributed by atoms with Crippen LogP contribution in [0.3, 0.4) is 0 Å². The second-order valence-corrected chi connectivity index (χ2v) is 6.20. The summed E-state index contributed by atoms with van der Waals surface area (Å²) >= 11 is 0. The van der Waals surface area contributed by atoms with E-state index in [4.69, 9.17) is 14.2 Å². The standard InChI is InChI=1S/C19H20N2O4/c1-11-3-4-15(23-2)14(9-11)20-19(22)21-17-13-6-8-24-16(13)10-12-5-7-25-18(12)17/h3-4,9-10H,5-8H2,1-2H3,(H2,20,21,22). The van der Waals surface area contributed by atoms with E-state index in [9.17, 15) is 4.79 Å². The van der Waals surface area contributed by atoms with Crippen molar-refractivity contribution in [1.82, 2.24) is 0 Å². The van der Waals surface area contributed by atoms with Crippen molar-refractivity contribution in [3.8, 4) is 17.2 Å². The summed E-state index contributed by atoms with van der Waals surface area (Å²) in [6.45, 7) is 3.21. The molecule has 25 heavy (non-hydrogen) atoms. The molecule has 2 aliphatic rings. The summed E-state index contributed by atoms with van der Waals surface area (Å²) in [5.74, 6) is 2.21. The second-order valence-electron chi connectivity index (χ2n) is 6.20. The first-order valence-corrected chi connectivity index (χ1v) is 8.32. The molecule has 6 heteroatoms. The van der Waals surface area contributed by atoms with Gasteiger partial charge in [0.15, 0.2) is 0 Å². The van der Waals surface area contributed by atoms with E-state index in [0.717, 1.165) is 41.0 Å². The van der Waals surface area contributed by atoms with Crippen LogP contribution in [-0.2, 0) is 12.8 Å². The number of urea groups is 1. The molecule has 0 unspecified atom stereocenters. The van der Waals surface area contributed by atoms with E-state index in [1.807, 2.05) is 31.2 Å². The predicted molar refractivity (Wildman–Crippen MR) is 95.2 cm³/mol. The Kier molecular flexibility index (Phi) is 3.87. The Balaban J connectivity index is 1.61. The third-order valence-electron chi connectivity index (χ3n) is 4.49. The van der Waals surface area contributed by atoms with Gasteiger partial charge in [-0.15, -0.1) is 0 Å². The maximum atomic E-state index is 12.6. The zero-order valence-electron chi connectivity index (χ0n) is 14.3. The summed E-state index contributed by atoms with van der Waals surface area (Å²) in [6, 6.07) is 7.33. The first-order valence-electron chi connectivity index (χ1n) is 8.32. The minimum absolute atomic E-state index is 0.332. The van der Waals surface area contributed by atoms with Crippen molar-refractivity contribution in [2.24, 2.45) is 0 Å². The normalized spacial score (nSPS) is 14.2. The molecule has 6 nitrogen and oxygen atoms in total. The average molecular weight is 340 g/mol. The molecule has 4 rings (SSSR count). The molecule has 0 bridgehead atoms. The maximum Gasteiger partial charge on any atom is 0.323 e. The van der Waals surface area contributed by atoms with Gasteiger partial charge in [-0.25, -0.2) is 4.79 Å². The quantitative estimate of drug-likeness (QED) is 0.897. The van der Waals surface area contributed by atoms with Crippen molar-refractivity contribution in [3.63, 3.8) is 0 Å². The number of amides is 2. The van der Waals surface area contributed by atoms with Gasteiger partial charge in [0.1, 0.15) is 17.2 Å². The van der Waals surface area contributed by atoms with Gasteiger partial charge in [0.05, 0.1) is 31.7 Å². The van der Waals surface area contributed by atoms with Gasteiger partial charge in [0.2, 0.25) is 0 Å². The third kappa shape index (κ3) is 2.84. The molecule has 0 saturated heterocycles. The number of anilines is 2. The van der Waals surface area contributed by atoms with Gasteiger partial charge in [-0.3, -0.25) is 0 Å². The topological polar surface area (TPSA) is 68.8 Å². The number of rotatable bonds is 3.